The molecule has 2 bridgehead atoms. The lowest BCUT2D eigenvalue weighted by atomic mass is 9.88. The van der Waals surface area contributed by atoms with E-state index < -0.39 is 4.92 Å². The number of non-ortho nitro benzene ring substituents is 1. The average Bonchev–Trinajstić information content (AvgIpc) is 3.03. The molecule has 106 valence electrons. The number of rotatable bonds is 3. The predicted octanol–water partition coefficient (Wildman–Crippen LogP) is 3.62. The van der Waals surface area contributed by atoms with Gasteiger partial charge in [-0.05, 0) is 37.2 Å². The predicted molar refractivity (Wildman–Crippen MR) is 75.7 cm³/mol. The van der Waals surface area contributed by atoms with E-state index in [-0.39, 0.29) is 17.5 Å². The van der Waals surface area contributed by atoms with Crippen molar-refractivity contribution in [3.8, 4) is 0 Å². The van der Waals surface area contributed by atoms with Crippen LogP contribution in [0.15, 0.2) is 18.2 Å². The van der Waals surface area contributed by atoms with Gasteiger partial charge in [-0.15, -0.1) is 0 Å². The van der Waals surface area contributed by atoms with E-state index in [1.165, 1.54) is 24.6 Å². The molecular formula is C14H15ClN2O3. The molecule has 0 aromatic heterocycles. The molecule has 0 radical (unpaired) electrons. The van der Waals surface area contributed by atoms with Gasteiger partial charge in [-0.3, -0.25) is 14.9 Å². The molecule has 1 aromatic rings. The lowest BCUT2D eigenvalue weighted by molar-refractivity contribution is -0.384. The lowest BCUT2D eigenvalue weighted by Crippen LogP contribution is -2.27. The largest absolute Gasteiger partial charge is 0.324 e. The fourth-order valence-corrected chi connectivity index (χ4v) is 3.68. The second-order valence-corrected chi connectivity index (χ2v) is 6.10. The summed E-state index contributed by atoms with van der Waals surface area (Å²) in [4.78, 5) is 22.6. The fraction of sp³-hybridized carbons (Fsp3) is 0.500. The van der Waals surface area contributed by atoms with Gasteiger partial charge in [-0.2, -0.15) is 0 Å². The van der Waals surface area contributed by atoms with Crippen LogP contribution in [0.3, 0.4) is 0 Å². The highest BCUT2D eigenvalue weighted by atomic mass is 35.5. The third kappa shape index (κ3) is 2.38. The van der Waals surface area contributed by atoms with Gasteiger partial charge in [-0.1, -0.05) is 18.0 Å². The van der Waals surface area contributed by atoms with E-state index in [9.17, 15) is 14.9 Å². The van der Waals surface area contributed by atoms with E-state index in [4.69, 9.17) is 11.6 Å². The number of halogens is 1. The molecule has 6 heteroatoms. The summed E-state index contributed by atoms with van der Waals surface area (Å²) in [6, 6.07) is 4.08. The van der Waals surface area contributed by atoms with Crippen molar-refractivity contribution in [3.63, 3.8) is 0 Å². The number of amides is 1. The number of benzene rings is 1. The van der Waals surface area contributed by atoms with Crippen molar-refractivity contribution in [2.75, 3.05) is 5.32 Å². The first-order valence-corrected chi connectivity index (χ1v) is 7.17. The van der Waals surface area contributed by atoms with Gasteiger partial charge in [0.25, 0.3) is 5.69 Å². The highest BCUT2D eigenvalue weighted by Crippen LogP contribution is 2.48. The number of anilines is 1. The Hall–Kier alpha value is -1.62. The van der Waals surface area contributed by atoms with E-state index in [0.29, 0.717) is 22.5 Å². The zero-order chi connectivity index (χ0) is 14.3. The number of nitrogens with zero attached hydrogens (tertiary/aromatic N) is 1. The maximum atomic E-state index is 12.3. The van der Waals surface area contributed by atoms with Crippen molar-refractivity contribution in [2.24, 2.45) is 17.8 Å². The molecule has 0 aliphatic heterocycles. The van der Waals surface area contributed by atoms with Crippen molar-refractivity contribution in [1.82, 2.24) is 0 Å². The SMILES string of the molecule is O=C(Nc1cc([N+](=O)[O-])ccc1Cl)[C@H]1C[C@H]2CC[C@@H]1C2. The molecule has 3 atom stereocenters. The van der Waals surface area contributed by atoms with Crippen LogP contribution in [0.1, 0.15) is 25.7 Å². The van der Waals surface area contributed by atoms with Crippen molar-refractivity contribution >= 4 is 28.9 Å². The number of nitro benzene ring substituents is 1. The summed E-state index contributed by atoms with van der Waals surface area (Å²) in [7, 11) is 0. The van der Waals surface area contributed by atoms with Crippen LogP contribution in [0.25, 0.3) is 0 Å². The van der Waals surface area contributed by atoms with E-state index in [0.717, 1.165) is 19.3 Å². The number of nitro groups is 1. The van der Waals surface area contributed by atoms with E-state index in [1.807, 2.05) is 0 Å². The van der Waals surface area contributed by atoms with Gasteiger partial charge in [0.05, 0.1) is 15.6 Å². The quantitative estimate of drug-likeness (QED) is 0.683. The Morgan fingerprint density at radius 3 is 2.75 bits per heavy atom. The fourth-order valence-electron chi connectivity index (χ4n) is 3.51. The molecule has 1 amide bonds. The Morgan fingerprint density at radius 1 is 1.35 bits per heavy atom. The first kappa shape index (κ1) is 13.4. The molecular weight excluding hydrogens is 280 g/mol. The number of carbonyl (C=O) groups excluding carboxylic acids is 1. The highest BCUT2D eigenvalue weighted by Gasteiger charge is 2.43. The molecule has 20 heavy (non-hydrogen) atoms. The van der Waals surface area contributed by atoms with Crippen LogP contribution in [0, 0.1) is 27.9 Å². The number of carbonyl (C=O) groups is 1. The van der Waals surface area contributed by atoms with Crippen molar-refractivity contribution < 1.29 is 9.72 Å². The van der Waals surface area contributed by atoms with Gasteiger partial charge in [-0.25, -0.2) is 0 Å². The molecule has 2 saturated carbocycles. The smallest absolute Gasteiger partial charge is 0.271 e. The van der Waals surface area contributed by atoms with Crippen LogP contribution in [0.5, 0.6) is 0 Å². The number of hydrogen-bond donors (Lipinski definition) is 1. The molecule has 0 heterocycles. The summed E-state index contributed by atoms with van der Waals surface area (Å²) in [5.41, 5.74) is 0.256. The van der Waals surface area contributed by atoms with E-state index in [2.05, 4.69) is 5.32 Å². The minimum atomic E-state index is -0.497. The second-order valence-electron chi connectivity index (χ2n) is 5.69. The van der Waals surface area contributed by atoms with E-state index in [1.54, 1.807) is 0 Å². The van der Waals surface area contributed by atoms with Crippen molar-refractivity contribution in [1.29, 1.82) is 0 Å². The van der Waals surface area contributed by atoms with Crippen molar-refractivity contribution in [2.45, 2.75) is 25.7 Å². The monoisotopic (exact) mass is 294 g/mol. The van der Waals surface area contributed by atoms with Crippen LogP contribution in [0.2, 0.25) is 5.02 Å². The van der Waals surface area contributed by atoms with Gasteiger partial charge in [0.15, 0.2) is 0 Å². The lowest BCUT2D eigenvalue weighted by Gasteiger charge is -2.21. The number of nitrogens with one attached hydrogen (secondary N) is 1. The zero-order valence-electron chi connectivity index (χ0n) is 10.8. The molecule has 0 unspecified atom stereocenters. The normalized spacial score (nSPS) is 27.6. The zero-order valence-corrected chi connectivity index (χ0v) is 11.6. The van der Waals surface area contributed by atoms with E-state index >= 15 is 0 Å². The van der Waals surface area contributed by atoms with Crippen molar-refractivity contribution in [3.05, 3.63) is 33.3 Å². The van der Waals surface area contributed by atoms with Gasteiger partial charge in [0.2, 0.25) is 5.91 Å². The first-order chi connectivity index (χ1) is 9.54. The second kappa shape index (κ2) is 5.05. The van der Waals surface area contributed by atoms with Gasteiger partial charge >= 0.3 is 0 Å². The minimum Gasteiger partial charge on any atom is -0.324 e. The molecule has 0 spiro atoms. The summed E-state index contributed by atoms with van der Waals surface area (Å²) in [6.45, 7) is 0. The van der Waals surface area contributed by atoms with Crippen LogP contribution >= 0.6 is 11.6 Å². The van der Waals surface area contributed by atoms with Gasteiger partial charge in [0.1, 0.15) is 0 Å². The Balaban J connectivity index is 1.75. The summed E-state index contributed by atoms with van der Waals surface area (Å²) in [5, 5.41) is 13.8. The molecule has 2 aliphatic rings. The minimum absolute atomic E-state index is 0.0316. The molecule has 3 rings (SSSR count). The number of fused-ring (bicyclic) bond motifs is 2. The van der Waals surface area contributed by atoms with Crippen LogP contribution in [-0.2, 0) is 4.79 Å². The molecule has 2 aliphatic carbocycles. The molecule has 1 N–H and O–H groups in total. The Bertz CT molecular complexity index is 576. The van der Waals surface area contributed by atoms with Crippen LogP contribution in [-0.4, -0.2) is 10.8 Å². The third-order valence-corrected chi connectivity index (χ3v) is 4.82. The third-order valence-electron chi connectivity index (χ3n) is 4.49. The maximum Gasteiger partial charge on any atom is 0.271 e. The Labute approximate surface area is 121 Å². The summed E-state index contributed by atoms with van der Waals surface area (Å²) >= 11 is 5.99. The standard InChI is InChI=1S/C14H15ClN2O3/c15-12-4-3-10(17(19)20)7-13(12)16-14(18)11-6-8-1-2-9(11)5-8/h3-4,7-9,11H,1-2,5-6H2,(H,16,18)/t8-,9+,11-/m0/s1. The topological polar surface area (TPSA) is 72.2 Å². The summed E-state index contributed by atoms with van der Waals surface area (Å²) in [5.74, 6) is 1.12. The molecule has 5 nitrogen and oxygen atoms in total. The summed E-state index contributed by atoms with van der Waals surface area (Å²) < 4.78 is 0. The Morgan fingerprint density at radius 2 is 2.15 bits per heavy atom. The molecule has 0 saturated heterocycles. The number of hydrogen-bond acceptors (Lipinski definition) is 3. The highest BCUT2D eigenvalue weighted by molar-refractivity contribution is 6.33. The first-order valence-electron chi connectivity index (χ1n) is 6.79. The molecule has 2 fully saturated rings. The molecule has 1 aromatic carbocycles. The summed E-state index contributed by atoms with van der Waals surface area (Å²) in [6.07, 6.45) is 4.42. The van der Waals surface area contributed by atoms with Crippen LogP contribution < -0.4 is 5.32 Å². The van der Waals surface area contributed by atoms with Gasteiger partial charge < -0.3 is 5.32 Å². The maximum absolute atomic E-state index is 12.3. The van der Waals surface area contributed by atoms with Gasteiger partial charge in [0, 0.05) is 18.1 Å². The van der Waals surface area contributed by atoms with Crippen LogP contribution in [0.4, 0.5) is 11.4 Å². The average molecular weight is 295 g/mol. The Kier molecular flexibility index (Phi) is 3.38.